The predicted molar refractivity (Wildman–Crippen MR) is 79.2 cm³/mol. The molecular formula is C15H24N2O3. The minimum absolute atomic E-state index is 0.0175. The van der Waals surface area contributed by atoms with Crippen LogP contribution in [0.3, 0.4) is 0 Å². The van der Waals surface area contributed by atoms with Crippen LogP contribution in [0.1, 0.15) is 19.4 Å². The molecule has 0 spiro atoms. The van der Waals surface area contributed by atoms with Crippen LogP contribution in [0.25, 0.3) is 0 Å². The first-order valence-corrected chi connectivity index (χ1v) is 6.88. The SMILES string of the molecule is CCN(CC)C(=O)COc1cc(CNC)ccc1OC. The fraction of sp³-hybridized carbons (Fsp3) is 0.533. The normalized spacial score (nSPS) is 10.2. The lowest BCUT2D eigenvalue weighted by molar-refractivity contribution is -0.132. The first kappa shape index (κ1) is 16.3. The molecule has 0 fully saturated rings. The zero-order valence-corrected chi connectivity index (χ0v) is 12.7. The Labute approximate surface area is 120 Å². The van der Waals surface area contributed by atoms with Gasteiger partial charge in [-0.3, -0.25) is 4.79 Å². The van der Waals surface area contributed by atoms with E-state index in [-0.39, 0.29) is 12.5 Å². The molecule has 5 heteroatoms. The molecule has 0 radical (unpaired) electrons. The summed E-state index contributed by atoms with van der Waals surface area (Å²) in [6, 6.07) is 5.71. The number of benzene rings is 1. The number of nitrogens with one attached hydrogen (secondary N) is 1. The molecule has 0 heterocycles. The third kappa shape index (κ3) is 4.42. The van der Waals surface area contributed by atoms with Crippen molar-refractivity contribution in [3.63, 3.8) is 0 Å². The Bertz CT molecular complexity index is 431. The first-order valence-electron chi connectivity index (χ1n) is 6.88. The Kier molecular flexibility index (Phi) is 6.87. The largest absolute Gasteiger partial charge is 0.493 e. The molecule has 0 unspecified atom stereocenters. The second-order valence-corrected chi connectivity index (χ2v) is 4.37. The highest BCUT2D eigenvalue weighted by molar-refractivity contribution is 5.77. The van der Waals surface area contributed by atoms with Crippen molar-refractivity contribution in [3.05, 3.63) is 23.8 Å². The summed E-state index contributed by atoms with van der Waals surface area (Å²) in [5, 5.41) is 3.08. The average molecular weight is 280 g/mol. The third-order valence-corrected chi connectivity index (χ3v) is 3.08. The van der Waals surface area contributed by atoms with Crippen molar-refractivity contribution in [2.45, 2.75) is 20.4 Å². The van der Waals surface area contributed by atoms with Crippen LogP contribution in [0.15, 0.2) is 18.2 Å². The molecule has 0 bridgehead atoms. The van der Waals surface area contributed by atoms with E-state index in [1.54, 1.807) is 12.0 Å². The van der Waals surface area contributed by atoms with E-state index >= 15 is 0 Å². The maximum Gasteiger partial charge on any atom is 0.260 e. The Hall–Kier alpha value is -1.75. The van der Waals surface area contributed by atoms with Gasteiger partial charge in [-0.2, -0.15) is 0 Å². The molecule has 1 aromatic carbocycles. The van der Waals surface area contributed by atoms with E-state index in [1.165, 1.54) is 0 Å². The van der Waals surface area contributed by atoms with Crippen LogP contribution in [-0.2, 0) is 11.3 Å². The molecule has 112 valence electrons. The Balaban J connectivity index is 2.74. The topological polar surface area (TPSA) is 50.8 Å². The second kappa shape index (κ2) is 8.43. The van der Waals surface area contributed by atoms with E-state index < -0.39 is 0 Å². The van der Waals surface area contributed by atoms with E-state index in [4.69, 9.17) is 9.47 Å². The van der Waals surface area contributed by atoms with Crippen molar-refractivity contribution in [1.29, 1.82) is 0 Å². The molecule has 0 aromatic heterocycles. The minimum atomic E-state index is -0.0175. The number of carbonyl (C=O) groups excluding carboxylic acids is 1. The van der Waals surface area contributed by atoms with Gasteiger partial charge in [0, 0.05) is 19.6 Å². The molecule has 0 aliphatic heterocycles. The van der Waals surface area contributed by atoms with Crippen LogP contribution in [0.2, 0.25) is 0 Å². The number of ether oxygens (including phenoxy) is 2. The van der Waals surface area contributed by atoms with Gasteiger partial charge in [-0.15, -0.1) is 0 Å². The molecule has 1 aromatic rings. The summed E-state index contributed by atoms with van der Waals surface area (Å²) in [6.07, 6.45) is 0. The predicted octanol–water partition coefficient (Wildman–Crippen LogP) is 1.66. The van der Waals surface area contributed by atoms with Gasteiger partial charge < -0.3 is 19.7 Å². The number of amides is 1. The van der Waals surface area contributed by atoms with E-state index in [2.05, 4.69) is 5.32 Å². The maximum absolute atomic E-state index is 11.9. The molecule has 0 saturated heterocycles. The zero-order chi connectivity index (χ0) is 15.0. The van der Waals surface area contributed by atoms with Crippen LogP contribution in [0.5, 0.6) is 11.5 Å². The fourth-order valence-corrected chi connectivity index (χ4v) is 1.96. The molecule has 5 nitrogen and oxygen atoms in total. The van der Waals surface area contributed by atoms with Crippen molar-refractivity contribution in [2.24, 2.45) is 0 Å². The number of rotatable bonds is 8. The van der Waals surface area contributed by atoms with Gasteiger partial charge >= 0.3 is 0 Å². The van der Waals surface area contributed by atoms with Gasteiger partial charge in [0.2, 0.25) is 0 Å². The summed E-state index contributed by atoms with van der Waals surface area (Å²) in [5.41, 5.74) is 1.08. The monoisotopic (exact) mass is 280 g/mol. The summed E-state index contributed by atoms with van der Waals surface area (Å²) in [4.78, 5) is 13.7. The molecule has 0 saturated carbocycles. The van der Waals surface area contributed by atoms with Crippen LogP contribution in [0, 0.1) is 0 Å². The van der Waals surface area contributed by atoms with E-state index in [0.29, 0.717) is 24.6 Å². The van der Waals surface area contributed by atoms with Gasteiger partial charge in [0.25, 0.3) is 5.91 Å². The molecule has 1 N–H and O–H groups in total. The fourth-order valence-electron chi connectivity index (χ4n) is 1.96. The van der Waals surface area contributed by atoms with Crippen molar-refractivity contribution >= 4 is 5.91 Å². The number of hydrogen-bond acceptors (Lipinski definition) is 4. The summed E-state index contributed by atoms with van der Waals surface area (Å²) < 4.78 is 10.9. The van der Waals surface area contributed by atoms with Gasteiger partial charge in [0.1, 0.15) is 0 Å². The lowest BCUT2D eigenvalue weighted by Crippen LogP contribution is -2.34. The maximum atomic E-state index is 11.9. The van der Waals surface area contributed by atoms with Gasteiger partial charge in [-0.25, -0.2) is 0 Å². The third-order valence-electron chi connectivity index (χ3n) is 3.08. The Morgan fingerprint density at radius 3 is 2.50 bits per heavy atom. The summed E-state index contributed by atoms with van der Waals surface area (Å²) in [6.45, 7) is 6.06. The first-order chi connectivity index (χ1) is 9.65. The van der Waals surface area contributed by atoms with Crippen molar-refractivity contribution in [1.82, 2.24) is 10.2 Å². The molecule has 1 rings (SSSR count). The van der Waals surface area contributed by atoms with Crippen molar-refractivity contribution in [2.75, 3.05) is 33.9 Å². The van der Waals surface area contributed by atoms with E-state index in [0.717, 1.165) is 12.1 Å². The lowest BCUT2D eigenvalue weighted by atomic mass is 10.2. The van der Waals surface area contributed by atoms with Crippen molar-refractivity contribution < 1.29 is 14.3 Å². The number of nitrogens with zero attached hydrogens (tertiary/aromatic N) is 1. The number of likely N-dealkylation sites (N-methyl/N-ethyl adjacent to an activating group) is 1. The molecule has 0 atom stereocenters. The van der Waals surface area contributed by atoms with Gasteiger partial charge in [-0.1, -0.05) is 6.07 Å². The summed E-state index contributed by atoms with van der Waals surface area (Å²) in [5.74, 6) is 1.22. The second-order valence-electron chi connectivity index (χ2n) is 4.37. The molecule has 1 amide bonds. The minimum Gasteiger partial charge on any atom is -0.493 e. The highest BCUT2D eigenvalue weighted by Gasteiger charge is 2.12. The van der Waals surface area contributed by atoms with E-state index in [1.807, 2.05) is 39.1 Å². The van der Waals surface area contributed by atoms with Gasteiger partial charge in [-0.05, 0) is 38.6 Å². The molecule has 0 aliphatic carbocycles. The highest BCUT2D eigenvalue weighted by atomic mass is 16.5. The number of methoxy groups -OCH3 is 1. The number of carbonyl (C=O) groups is 1. The average Bonchev–Trinajstić information content (AvgIpc) is 2.47. The Morgan fingerprint density at radius 2 is 1.95 bits per heavy atom. The molecular weight excluding hydrogens is 256 g/mol. The van der Waals surface area contributed by atoms with Gasteiger partial charge in [0.05, 0.1) is 7.11 Å². The van der Waals surface area contributed by atoms with Crippen molar-refractivity contribution in [3.8, 4) is 11.5 Å². The van der Waals surface area contributed by atoms with Crippen LogP contribution >= 0.6 is 0 Å². The zero-order valence-electron chi connectivity index (χ0n) is 12.7. The Morgan fingerprint density at radius 1 is 1.25 bits per heavy atom. The van der Waals surface area contributed by atoms with Crippen LogP contribution < -0.4 is 14.8 Å². The lowest BCUT2D eigenvalue weighted by Gasteiger charge is -2.19. The smallest absolute Gasteiger partial charge is 0.260 e. The molecule has 0 aliphatic rings. The summed E-state index contributed by atoms with van der Waals surface area (Å²) in [7, 11) is 3.47. The van der Waals surface area contributed by atoms with E-state index in [9.17, 15) is 4.79 Å². The highest BCUT2D eigenvalue weighted by Crippen LogP contribution is 2.28. The van der Waals surface area contributed by atoms with Gasteiger partial charge in [0.15, 0.2) is 18.1 Å². The quantitative estimate of drug-likeness (QED) is 0.787. The molecule has 20 heavy (non-hydrogen) atoms. The van der Waals surface area contributed by atoms with Crippen LogP contribution in [-0.4, -0.2) is 44.7 Å². The number of hydrogen-bond donors (Lipinski definition) is 1. The standard InChI is InChI=1S/C15H24N2O3/c1-5-17(6-2)15(18)11-20-14-9-12(10-16-3)7-8-13(14)19-4/h7-9,16H,5-6,10-11H2,1-4H3. The summed E-state index contributed by atoms with van der Waals surface area (Å²) >= 11 is 0. The van der Waals surface area contributed by atoms with Crippen LogP contribution in [0.4, 0.5) is 0 Å².